The molecule has 0 aliphatic heterocycles. The Morgan fingerprint density at radius 2 is 1.94 bits per heavy atom. The van der Waals surface area contributed by atoms with Crippen molar-refractivity contribution in [1.82, 2.24) is 5.32 Å². The van der Waals surface area contributed by atoms with Crippen LogP contribution in [0.5, 0.6) is 0 Å². The van der Waals surface area contributed by atoms with E-state index in [9.17, 15) is 0 Å². The van der Waals surface area contributed by atoms with Crippen LogP contribution in [-0.4, -0.2) is 6.04 Å². The van der Waals surface area contributed by atoms with E-state index in [0.29, 0.717) is 5.41 Å². The third-order valence-corrected chi connectivity index (χ3v) is 4.05. The summed E-state index contributed by atoms with van der Waals surface area (Å²) < 4.78 is 0. The van der Waals surface area contributed by atoms with Gasteiger partial charge in [-0.2, -0.15) is 0 Å². The Morgan fingerprint density at radius 1 is 1.24 bits per heavy atom. The first kappa shape index (κ1) is 12.6. The molecule has 1 saturated carbocycles. The first-order valence-electron chi connectivity index (χ1n) is 6.91. The van der Waals surface area contributed by atoms with Gasteiger partial charge in [0.1, 0.15) is 0 Å². The molecular weight excluding hydrogens is 206 g/mol. The summed E-state index contributed by atoms with van der Waals surface area (Å²) >= 11 is 0. The van der Waals surface area contributed by atoms with Crippen LogP contribution in [0.1, 0.15) is 51.2 Å². The molecule has 1 atom stereocenters. The highest BCUT2D eigenvalue weighted by atomic mass is 14.9. The van der Waals surface area contributed by atoms with Crippen molar-refractivity contribution in [2.75, 3.05) is 0 Å². The van der Waals surface area contributed by atoms with Crippen molar-refractivity contribution < 1.29 is 0 Å². The van der Waals surface area contributed by atoms with Crippen molar-refractivity contribution in [2.24, 2.45) is 5.41 Å². The van der Waals surface area contributed by atoms with E-state index >= 15 is 0 Å². The molecular formula is C16H25N. The van der Waals surface area contributed by atoms with Gasteiger partial charge in [-0.25, -0.2) is 0 Å². The molecule has 1 fully saturated rings. The summed E-state index contributed by atoms with van der Waals surface area (Å²) in [6, 6.07) is 9.51. The molecule has 1 heteroatoms. The molecule has 0 spiro atoms. The zero-order chi connectivity index (χ0) is 12.3. The van der Waals surface area contributed by atoms with Gasteiger partial charge in [0, 0.05) is 12.6 Å². The minimum atomic E-state index is 0.544. The Labute approximate surface area is 106 Å². The molecule has 0 saturated heterocycles. The highest BCUT2D eigenvalue weighted by Gasteiger charge is 2.30. The van der Waals surface area contributed by atoms with Gasteiger partial charge < -0.3 is 5.32 Å². The van der Waals surface area contributed by atoms with Gasteiger partial charge in [0.2, 0.25) is 0 Å². The third-order valence-electron chi connectivity index (χ3n) is 4.05. The summed E-state index contributed by atoms with van der Waals surface area (Å²) in [7, 11) is 0. The van der Waals surface area contributed by atoms with Gasteiger partial charge in [-0.15, -0.1) is 0 Å². The van der Waals surface area contributed by atoms with Crippen molar-refractivity contribution >= 4 is 0 Å². The van der Waals surface area contributed by atoms with Crippen LogP contribution in [0.4, 0.5) is 0 Å². The van der Waals surface area contributed by atoms with E-state index in [1.54, 1.807) is 0 Å². The summed E-state index contributed by atoms with van der Waals surface area (Å²) in [6.07, 6.45) is 5.15. The minimum absolute atomic E-state index is 0.544. The molecule has 1 N–H and O–H groups in total. The summed E-state index contributed by atoms with van der Waals surface area (Å²) in [5.41, 5.74) is 3.50. The van der Waals surface area contributed by atoms with Crippen molar-refractivity contribution in [2.45, 2.75) is 59.0 Å². The predicted octanol–water partition coefficient (Wildman–Crippen LogP) is 3.92. The second-order valence-corrected chi connectivity index (χ2v) is 6.11. The largest absolute Gasteiger partial charge is 0.310 e. The molecule has 0 aromatic heterocycles. The van der Waals surface area contributed by atoms with E-state index in [2.05, 4.69) is 50.4 Å². The molecule has 0 bridgehead atoms. The molecule has 0 amide bonds. The predicted molar refractivity (Wildman–Crippen MR) is 74.1 cm³/mol. The summed E-state index contributed by atoms with van der Waals surface area (Å²) in [4.78, 5) is 0. The number of nitrogens with one attached hydrogen (secondary N) is 1. The fourth-order valence-corrected chi connectivity index (χ4v) is 2.94. The summed E-state index contributed by atoms with van der Waals surface area (Å²) in [5.74, 6) is 0. The summed E-state index contributed by atoms with van der Waals surface area (Å²) in [6.45, 7) is 8.03. The molecule has 17 heavy (non-hydrogen) atoms. The zero-order valence-electron chi connectivity index (χ0n) is 11.4. The molecule has 1 aromatic carbocycles. The van der Waals surface area contributed by atoms with Crippen LogP contribution < -0.4 is 5.32 Å². The number of benzene rings is 1. The number of hydrogen-bond acceptors (Lipinski definition) is 1. The fraction of sp³-hybridized carbons (Fsp3) is 0.625. The van der Waals surface area contributed by atoms with Gasteiger partial charge in [-0.1, -0.05) is 45.0 Å². The van der Waals surface area contributed by atoms with Gasteiger partial charge in [0.15, 0.2) is 0 Å². The van der Waals surface area contributed by atoms with Gasteiger partial charge >= 0.3 is 0 Å². The molecule has 1 nitrogen and oxygen atoms in total. The first-order chi connectivity index (χ1) is 8.11. The number of aryl methyl sites for hydroxylation is 1. The summed E-state index contributed by atoms with van der Waals surface area (Å²) in [5, 5.41) is 3.73. The number of rotatable bonds is 4. The average molecular weight is 231 g/mol. The molecule has 1 aliphatic carbocycles. The van der Waals surface area contributed by atoms with Crippen LogP contribution in [0.15, 0.2) is 24.3 Å². The maximum Gasteiger partial charge on any atom is 0.0210 e. The quantitative estimate of drug-likeness (QED) is 0.828. The van der Waals surface area contributed by atoms with E-state index in [1.807, 2.05) is 0 Å². The molecule has 0 heterocycles. The van der Waals surface area contributed by atoms with Gasteiger partial charge in [0.25, 0.3) is 0 Å². The first-order valence-corrected chi connectivity index (χ1v) is 6.91. The maximum atomic E-state index is 3.73. The zero-order valence-corrected chi connectivity index (χ0v) is 11.4. The van der Waals surface area contributed by atoms with Crippen LogP contribution in [0, 0.1) is 5.41 Å². The minimum Gasteiger partial charge on any atom is -0.310 e. The lowest BCUT2D eigenvalue weighted by atomic mass is 9.92. The monoisotopic (exact) mass is 231 g/mol. The van der Waals surface area contributed by atoms with Gasteiger partial charge in [-0.3, -0.25) is 0 Å². The van der Waals surface area contributed by atoms with Crippen molar-refractivity contribution in [3.63, 3.8) is 0 Å². The SMILES string of the molecule is CCc1ccccc1CNC1CCC(C)(C)C1. The molecule has 1 unspecified atom stereocenters. The molecule has 94 valence electrons. The van der Waals surface area contributed by atoms with E-state index in [0.717, 1.165) is 19.0 Å². The van der Waals surface area contributed by atoms with E-state index < -0.39 is 0 Å². The lowest BCUT2D eigenvalue weighted by Gasteiger charge is -2.18. The second-order valence-electron chi connectivity index (χ2n) is 6.11. The third kappa shape index (κ3) is 3.32. The van der Waals surface area contributed by atoms with Crippen molar-refractivity contribution in [3.8, 4) is 0 Å². The highest BCUT2D eigenvalue weighted by Crippen LogP contribution is 2.36. The normalized spacial score (nSPS) is 22.9. The van der Waals surface area contributed by atoms with Crippen LogP contribution in [0.2, 0.25) is 0 Å². The fourth-order valence-electron chi connectivity index (χ4n) is 2.94. The Bertz CT molecular complexity index is 368. The topological polar surface area (TPSA) is 12.0 Å². The van der Waals surface area contributed by atoms with E-state index in [4.69, 9.17) is 0 Å². The Kier molecular flexibility index (Phi) is 3.88. The Morgan fingerprint density at radius 3 is 2.53 bits per heavy atom. The average Bonchev–Trinajstić information content (AvgIpc) is 2.67. The standard InChI is InChI=1S/C16H25N/c1-4-13-7-5-6-8-14(13)12-17-15-9-10-16(2,3)11-15/h5-8,15,17H,4,9-12H2,1-3H3. The maximum absolute atomic E-state index is 3.73. The Hall–Kier alpha value is -0.820. The van der Waals surface area contributed by atoms with Gasteiger partial charge in [0.05, 0.1) is 0 Å². The second kappa shape index (κ2) is 5.22. The van der Waals surface area contributed by atoms with E-state index in [1.165, 1.54) is 30.4 Å². The van der Waals surface area contributed by atoms with Crippen LogP contribution >= 0.6 is 0 Å². The smallest absolute Gasteiger partial charge is 0.0210 e. The van der Waals surface area contributed by atoms with Crippen LogP contribution in [0.25, 0.3) is 0 Å². The molecule has 0 radical (unpaired) electrons. The van der Waals surface area contributed by atoms with Crippen molar-refractivity contribution in [3.05, 3.63) is 35.4 Å². The van der Waals surface area contributed by atoms with Crippen LogP contribution in [0.3, 0.4) is 0 Å². The number of hydrogen-bond donors (Lipinski definition) is 1. The molecule has 2 rings (SSSR count). The van der Waals surface area contributed by atoms with E-state index in [-0.39, 0.29) is 0 Å². The highest BCUT2D eigenvalue weighted by molar-refractivity contribution is 5.26. The van der Waals surface area contributed by atoms with Crippen molar-refractivity contribution in [1.29, 1.82) is 0 Å². The lowest BCUT2D eigenvalue weighted by molar-refractivity contribution is 0.364. The molecule has 1 aliphatic rings. The van der Waals surface area contributed by atoms with Gasteiger partial charge in [-0.05, 0) is 42.2 Å². The van der Waals surface area contributed by atoms with Crippen LogP contribution in [-0.2, 0) is 13.0 Å². The molecule has 1 aromatic rings. The Balaban J connectivity index is 1.90. The lowest BCUT2D eigenvalue weighted by Crippen LogP contribution is -2.27.